The highest BCUT2D eigenvalue weighted by molar-refractivity contribution is 5.87. The first-order valence-corrected chi connectivity index (χ1v) is 6.00. The molecule has 1 amide bonds. The van der Waals surface area contributed by atoms with Gasteiger partial charge in [-0.05, 0) is 34.6 Å². The quantitative estimate of drug-likeness (QED) is 0.590. The van der Waals surface area contributed by atoms with E-state index in [1.54, 1.807) is 40.7 Å². The van der Waals surface area contributed by atoms with E-state index < -0.39 is 23.7 Å². The lowest BCUT2D eigenvalue weighted by Gasteiger charge is -2.30. The summed E-state index contributed by atoms with van der Waals surface area (Å²) < 4.78 is 5.25. The van der Waals surface area contributed by atoms with Gasteiger partial charge < -0.3 is 15.4 Å². The van der Waals surface area contributed by atoms with E-state index in [-0.39, 0.29) is 12.5 Å². The molecule has 0 saturated carbocycles. The molecule has 104 valence electrons. The minimum atomic E-state index is -0.680. The molecule has 0 aliphatic heterocycles. The van der Waals surface area contributed by atoms with Gasteiger partial charge in [0, 0.05) is 6.54 Å². The first kappa shape index (κ1) is 16.6. The molecular formula is C13H24N2O3. The molecule has 0 radical (unpaired) electrons. The van der Waals surface area contributed by atoms with Gasteiger partial charge in [0.15, 0.2) is 0 Å². The third-order valence-electron chi connectivity index (χ3n) is 2.21. The van der Waals surface area contributed by atoms with E-state index >= 15 is 0 Å². The Hall–Kier alpha value is -1.36. The fourth-order valence-corrected chi connectivity index (χ4v) is 1.35. The molecule has 2 N–H and O–H groups in total. The van der Waals surface area contributed by atoms with E-state index in [0.29, 0.717) is 0 Å². The highest BCUT2D eigenvalue weighted by Crippen LogP contribution is 2.12. The molecule has 0 unspecified atom stereocenters. The molecular weight excluding hydrogens is 232 g/mol. The minimum absolute atomic E-state index is 0.265. The third kappa shape index (κ3) is 5.31. The zero-order valence-electron chi connectivity index (χ0n) is 11.9. The number of nitrogens with zero attached hydrogens (tertiary/aromatic N) is 1. The third-order valence-corrected chi connectivity index (χ3v) is 2.21. The average molecular weight is 256 g/mol. The van der Waals surface area contributed by atoms with Crippen LogP contribution in [0.5, 0.6) is 0 Å². The van der Waals surface area contributed by atoms with Crippen molar-refractivity contribution in [3.63, 3.8) is 0 Å². The van der Waals surface area contributed by atoms with Crippen molar-refractivity contribution in [3.8, 4) is 0 Å². The summed E-state index contributed by atoms with van der Waals surface area (Å²) in [5.41, 5.74) is 4.97. The summed E-state index contributed by atoms with van der Waals surface area (Å²) in [6, 6.07) is -1.34. The predicted octanol–water partition coefficient (Wildman–Crippen LogP) is 1.08. The molecule has 0 aromatic rings. The van der Waals surface area contributed by atoms with Crippen LogP contribution in [0, 0.1) is 0 Å². The molecule has 2 atom stereocenters. The number of carbonyl (C=O) groups is 2. The van der Waals surface area contributed by atoms with Crippen molar-refractivity contribution in [2.75, 3.05) is 6.54 Å². The van der Waals surface area contributed by atoms with Gasteiger partial charge in [-0.25, -0.2) is 4.79 Å². The monoisotopic (exact) mass is 256 g/mol. The van der Waals surface area contributed by atoms with Gasteiger partial charge in [0.2, 0.25) is 5.91 Å². The molecule has 0 fully saturated rings. The number of amides is 1. The van der Waals surface area contributed by atoms with Crippen LogP contribution < -0.4 is 5.73 Å². The Labute approximate surface area is 109 Å². The second-order valence-electron chi connectivity index (χ2n) is 5.28. The van der Waals surface area contributed by atoms with Crippen LogP contribution in [0.1, 0.15) is 34.6 Å². The Morgan fingerprint density at radius 3 is 2.22 bits per heavy atom. The summed E-state index contributed by atoms with van der Waals surface area (Å²) in [5, 5.41) is 0. The van der Waals surface area contributed by atoms with Crippen LogP contribution in [0.15, 0.2) is 12.7 Å². The van der Waals surface area contributed by atoms with E-state index in [4.69, 9.17) is 10.5 Å². The largest absolute Gasteiger partial charge is 0.458 e. The van der Waals surface area contributed by atoms with Crippen LogP contribution in [-0.4, -0.2) is 41.0 Å². The van der Waals surface area contributed by atoms with E-state index in [9.17, 15) is 9.59 Å². The smallest absolute Gasteiger partial charge is 0.329 e. The SMILES string of the molecule is C=CCN(C(=O)[C@H](C)N)[C@@H](C)C(=O)OC(C)(C)C. The topological polar surface area (TPSA) is 72.6 Å². The molecule has 0 heterocycles. The van der Waals surface area contributed by atoms with Crippen molar-refractivity contribution in [1.29, 1.82) is 0 Å². The molecule has 5 nitrogen and oxygen atoms in total. The Morgan fingerprint density at radius 1 is 1.39 bits per heavy atom. The highest BCUT2D eigenvalue weighted by atomic mass is 16.6. The lowest BCUT2D eigenvalue weighted by Crippen LogP contribution is -2.50. The molecule has 0 aliphatic rings. The number of rotatable bonds is 5. The normalized spacial score (nSPS) is 14.6. The van der Waals surface area contributed by atoms with Gasteiger partial charge in [0.25, 0.3) is 0 Å². The second kappa shape index (κ2) is 6.54. The number of nitrogens with two attached hydrogens (primary N) is 1. The molecule has 0 aliphatic carbocycles. The summed E-state index contributed by atoms with van der Waals surface area (Å²) in [6.45, 7) is 12.4. The molecule has 0 aromatic heterocycles. The van der Waals surface area contributed by atoms with Crippen molar-refractivity contribution in [3.05, 3.63) is 12.7 Å². The van der Waals surface area contributed by atoms with Crippen molar-refractivity contribution < 1.29 is 14.3 Å². The van der Waals surface area contributed by atoms with E-state index in [2.05, 4.69) is 6.58 Å². The highest BCUT2D eigenvalue weighted by Gasteiger charge is 2.30. The van der Waals surface area contributed by atoms with Gasteiger partial charge in [0.1, 0.15) is 11.6 Å². The van der Waals surface area contributed by atoms with Crippen molar-refractivity contribution >= 4 is 11.9 Å². The zero-order chi connectivity index (χ0) is 14.5. The summed E-state index contributed by atoms with van der Waals surface area (Å²) in [4.78, 5) is 25.2. The van der Waals surface area contributed by atoms with Crippen LogP contribution in [0.4, 0.5) is 0 Å². The van der Waals surface area contributed by atoms with Crippen molar-refractivity contribution in [2.45, 2.75) is 52.3 Å². The first-order valence-electron chi connectivity index (χ1n) is 6.00. The Bertz CT molecular complexity index is 319. The Kier molecular flexibility index (Phi) is 6.05. The maximum absolute atomic E-state index is 11.9. The first-order chi connectivity index (χ1) is 8.10. The maximum atomic E-state index is 11.9. The van der Waals surface area contributed by atoms with Gasteiger partial charge in [-0.3, -0.25) is 4.79 Å². The van der Waals surface area contributed by atoms with Crippen LogP contribution in [-0.2, 0) is 14.3 Å². The summed E-state index contributed by atoms with van der Waals surface area (Å²) in [6.07, 6.45) is 1.56. The number of hydrogen-bond acceptors (Lipinski definition) is 4. The minimum Gasteiger partial charge on any atom is -0.458 e. The van der Waals surface area contributed by atoms with Gasteiger partial charge in [-0.2, -0.15) is 0 Å². The summed E-state index contributed by atoms with van der Waals surface area (Å²) in [5.74, 6) is -0.744. The zero-order valence-corrected chi connectivity index (χ0v) is 11.9. The van der Waals surface area contributed by atoms with Crippen LogP contribution in [0.2, 0.25) is 0 Å². The van der Waals surface area contributed by atoms with Crippen LogP contribution in [0.3, 0.4) is 0 Å². The average Bonchev–Trinajstić information content (AvgIpc) is 2.21. The Balaban J connectivity index is 4.86. The van der Waals surface area contributed by atoms with Crippen molar-refractivity contribution in [1.82, 2.24) is 4.90 Å². The number of carbonyl (C=O) groups excluding carboxylic acids is 2. The fourth-order valence-electron chi connectivity index (χ4n) is 1.35. The number of esters is 1. The molecule has 0 spiro atoms. The van der Waals surface area contributed by atoms with Gasteiger partial charge in [-0.15, -0.1) is 6.58 Å². The molecule has 18 heavy (non-hydrogen) atoms. The molecule has 0 bridgehead atoms. The number of ether oxygens (including phenoxy) is 1. The predicted molar refractivity (Wildman–Crippen MR) is 70.9 cm³/mol. The van der Waals surface area contributed by atoms with Gasteiger partial charge in [0.05, 0.1) is 6.04 Å². The van der Waals surface area contributed by atoms with Crippen LogP contribution >= 0.6 is 0 Å². The van der Waals surface area contributed by atoms with Gasteiger partial charge in [-0.1, -0.05) is 6.08 Å². The maximum Gasteiger partial charge on any atom is 0.329 e. The number of hydrogen-bond donors (Lipinski definition) is 1. The lowest BCUT2D eigenvalue weighted by atomic mass is 10.1. The van der Waals surface area contributed by atoms with E-state index in [1.807, 2.05) is 0 Å². The summed E-state index contributed by atoms with van der Waals surface area (Å²) in [7, 11) is 0. The summed E-state index contributed by atoms with van der Waals surface area (Å²) >= 11 is 0. The molecule has 0 aromatic carbocycles. The van der Waals surface area contributed by atoms with Crippen LogP contribution in [0.25, 0.3) is 0 Å². The van der Waals surface area contributed by atoms with Crippen molar-refractivity contribution in [2.24, 2.45) is 5.73 Å². The fraction of sp³-hybridized carbons (Fsp3) is 0.692. The molecule has 5 heteroatoms. The Morgan fingerprint density at radius 2 is 1.89 bits per heavy atom. The van der Waals surface area contributed by atoms with Gasteiger partial charge >= 0.3 is 5.97 Å². The second-order valence-corrected chi connectivity index (χ2v) is 5.28. The standard InChI is InChI=1S/C13H24N2O3/c1-7-8-15(11(16)9(2)14)10(3)12(17)18-13(4,5)6/h7,9-10H,1,8,14H2,2-6H3/t9-,10-/m0/s1. The van der Waals surface area contributed by atoms with E-state index in [1.165, 1.54) is 4.90 Å². The van der Waals surface area contributed by atoms with E-state index in [0.717, 1.165) is 0 Å². The lowest BCUT2D eigenvalue weighted by molar-refractivity contribution is -0.163. The molecule has 0 saturated heterocycles. The molecule has 0 rings (SSSR count).